The lowest BCUT2D eigenvalue weighted by Crippen LogP contribution is -1.94. The first-order valence-corrected chi connectivity index (χ1v) is 3.65. The molecule has 0 spiro atoms. The molecule has 0 aliphatic carbocycles. The van der Waals surface area contributed by atoms with Crippen molar-refractivity contribution in [3.63, 3.8) is 0 Å². The fourth-order valence-electron chi connectivity index (χ4n) is 0.730. The average Bonchev–Trinajstić information content (AvgIpc) is 2.04. The van der Waals surface area contributed by atoms with E-state index in [1.165, 1.54) is 0 Å². The van der Waals surface area contributed by atoms with Gasteiger partial charge >= 0.3 is 0 Å². The summed E-state index contributed by atoms with van der Waals surface area (Å²) in [5, 5.41) is 0. The number of nitrogens with zero attached hydrogens (tertiary/aromatic N) is 1. The zero-order valence-electron chi connectivity index (χ0n) is 5.97. The van der Waals surface area contributed by atoms with E-state index in [-0.39, 0.29) is 5.50 Å². The molecule has 10 heavy (non-hydrogen) atoms. The molecule has 1 heterocycles. The number of alkyl halides is 1. The van der Waals surface area contributed by atoms with Crippen LogP contribution in [0.2, 0.25) is 0 Å². The Bertz CT molecular complexity index is 203. The van der Waals surface area contributed by atoms with E-state index in [4.69, 9.17) is 11.6 Å². The van der Waals surface area contributed by atoms with Gasteiger partial charge in [0, 0.05) is 6.21 Å². The molecule has 1 aliphatic rings. The second kappa shape index (κ2) is 3.02. The number of halogens is 1. The summed E-state index contributed by atoms with van der Waals surface area (Å²) in [5.74, 6) is 0. The van der Waals surface area contributed by atoms with Gasteiger partial charge in [-0.05, 0) is 24.5 Å². The van der Waals surface area contributed by atoms with E-state index < -0.39 is 0 Å². The summed E-state index contributed by atoms with van der Waals surface area (Å²) in [7, 11) is 0. The van der Waals surface area contributed by atoms with Gasteiger partial charge in [-0.25, -0.2) is 0 Å². The van der Waals surface area contributed by atoms with Crippen LogP contribution in [-0.4, -0.2) is 11.7 Å². The van der Waals surface area contributed by atoms with Crippen molar-refractivity contribution in [2.24, 2.45) is 4.99 Å². The normalized spacial score (nSPS) is 26.0. The summed E-state index contributed by atoms with van der Waals surface area (Å²) in [4.78, 5) is 4.06. The molecular weight excluding hydrogens is 146 g/mol. The van der Waals surface area contributed by atoms with Crippen molar-refractivity contribution < 1.29 is 0 Å². The third-order valence-electron chi connectivity index (χ3n) is 1.43. The van der Waals surface area contributed by atoms with E-state index in [0.717, 1.165) is 17.6 Å². The van der Waals surface area contributed by atoms with Crippen molar-refractivity contribution in [2.75, 3.05) is 0 Å². The van der Waals surface area contributed by atoms with Crippen LogP contribution in [0.4, 0.5) is 0 Å². The van der Waals surface area contributed by atoms with Crippen molar-refractivity contribution in [1.82, 2.24) is 0 Å². The Hall–Kier alpha value is -0.560. The van der Waals surface area contributed by atoms with E-state index in [2.05, 4.69) is 17.6 Å². The van der Waals surface area contributed by atoms with E-state index in [0.29, 0.717) is 0 Å². The van der Waals surface area contributed by atoms with Crippen LogP contribution in [0.5, 0.6) is 0 Å². The Labute approximate surface area is 66.1 Å². The van der Waals surface area contributed by atoms with Gasteiger partial charge in [0.05, 0.1) is 0 Å². The predicted octanol–water partition coefficient (Wildman–Crippen LogP) is 2.53. The topological polar surface area (TPSA) is 12.4 Å². The van der Waals surface area contributed by atoms with Gasteiger partial charge in [0.2, 0.25) is 0 Å². The SMILES string of the molecule is C=C1CC=C(C)C=NC1Cl. The van der Waals surface area contributed by atoms with E-state index >= 15 is 0 Å². The maximum Gasteiger partial charge on any atom is 0.144 e. The molecule has 2 heteroatoms. The fraction of sp³-hybridized carbons (Fsp3) is 0.375. The molecule has 1 atom stereocenters. The Morgan fingerprint density at radius 2 is 2.50 bits per heavy atom. The van der Waals surface area contributed by atoms with Gasteiger partial charge in [0.15, 0.2) is 0 Å². The highest BCUT2D eigenvalue weighted by atomic mass is 35.5. The van der Waals surface area contributed by atoms with Crippen molar-refractivity contribution in [3.05, 3.63) is 23.8 Å². The van der Waals surface area contributed by atoms with Gasteiger partial charge in [0.25, 0.3) is 0 Å². The third-order valence-corrected chi connectivity index (χ3v) is 1.85. The molecule has 1 rings (SSSR count). The molecule has 0 bridgehead atoms. The average molecular weight is 156 g/mol. The molecule has 0 aromatic carbocycles. The highest BCUT2D eigenvalue weighted by Crippen LogP contribution is 2.17. The Balaban J connectivity index is 2.78. The van der Waals surface area contributed by atoms with Gasteiger partial charge < -0.3 is 0 Å². The molecule has 0 saturated carbocycles. The van der Waals surface area contributed by atoms with Crippen molar-refractivity contribution in [3.8, 4) is 0 Å². The second-order valence-corrected chi connectivity index (χ2v) is 2.84. The van der Waals surface area contributed by atoms with Crippen LogP contribution in [0.3, 0.4) is 0 Å². The van der Waals surface area contributed by atoms with Gasteiger partial charge in [-0.2, -0.15) is 0 Å². The van der Waals surface area contributed by atoms with Crippen LogP contribution >= 0.6 is 11.6 Å². The maximum absolute atomic E-state index is 5.81. The maximum atomic E-state index is 5.81. The Morgan fingerprint density at radius 3 is 3.20 bits per heavy atom. The monoisotopic (exact) mass is 155 g/mol. The van der Waals surface area contributed by atoms with E-state index in [1.807, 2.05) is 6.92 Å². The summed E-state index contributed by atoms with van der Waals surface area (Å²) >= 11 is 5.81. The zero-order chi connectivity index (χ0) is 7.56. The summed E-state index contributed by atoms with van der Waals surface area (Å²) in [6.07, 6.45) is 4.71. The molecular formula is C8H10ClN. The minimum absolute atomic E-state index is 0.228. The summed E-state index contributed by atoms with van der Waals surface area (Å²) in [6, 6.07) is 0. The largest absolute Gasteiger partial charge is 0.269 e. The number of hydrogen-bond donors (Lipinski definition) is 0. The van der Waals surface area contributed by atoms with E-state index in [9.17, 15) is 0 Å². The van der Waals surface area contributed by atoms with Gasteiger partial charge in [-0.3, -0.25) is 4.99 Å². The molecule has 0 saturated heterocycles. The summed E-state index contributed by atoms with van der Waals surface area (Å²) in [6.45, 7) is 5.81. The quantitative estimate of drug-likeness (QED) is 0.290. The fourth-order valence-corrected chi connectivity index (χ4v) is 0.876. The minimum Gasteiger partial charge on any atom is -0.269 e. The van der Waals surface area contributed by atoms with Crippen LogP contribution in [0, 0.1) is 0 Å². The molecule has 0 amide bonds. The Morgan fingerprint density at radius 1 is 1.80 bits per heavy atom. The second-order valence-electron chi connectivity index (χ2n) is 2.42. The lowest BCUT2D eigenvalue weighted by Gasteiger charge is -2.01. The number of aliphatic imine (C=N–C) groups is 1. The van der Waals surface area contributed by atoms with Crippen molar-refractivity contribution >= 4 is 17.8 Å². The van der Waals surface area contributed by atoms with Gasteiger partial charge in [-0.1, -0.05) is 24.3 Å². The van der Waals surface area contributed by atoms with E-state index in [1.54, 1.807) is 6.21 Å². The molecule has 0 fully saturated rings. The van der Waals surface area contributed by atoms with Crippen LogP contribution in [0.25, 0.3) is 0 Å². The lowest BCUT2D eigenvalue weighted by atomic mass is 10.2. The van der Waals surface area contributed by atoms with Crippen molar-refractivity contribution in [1.29, 1.82) is 0 Å². The predicted molar refractivity (Wildman–Crippen MR) is 45.6 cm³/mol. The van der Waals surface area contributed by atoms with Crippen LogP contribution < -0.4 is 0 Å². The zero-order valence-corrected chi connectivity index (χ0v) is 6.73. The molecule has 1 unspecified atom stereocenters. The molecule has 0 aromatic heterocycles. The first-order chi connectivity index (χ1) is 4.70. The standard InChI is InChI=1S/C8H10ClN/c1-6-3-4-7(2)8(9)10-5-6/h3,5,8H,2,4H2,1H3. The first-order valence-electron chi connectivity index (χ1n) is 3.22. The lowest BCUT2D eigenvalue weighted by molar-refractivity contribution is 1.02. The molecule has 54 valence electrons. The molecule has 0 N–H and O–H groups in total. The molecule has 0 radical (unpaired) electrons. The van der Waals surface area contributed by atoms with Crippen LogP contribution in [0.15, 0.2) is 28.8 Å². The molecule has 1 nitrogen and oxygen atoms in total. The molecule has 1 aliphatic heterocycles. The van der Waals surface area contributed by atoms with Gasteiger partial charge in [0.1, 0.15) is 5.50 Å². The number of allylic oxidation sites excluding steroid dienone is 2. The highest BCUT2D eigenvalue weighted by molar-refractivity contribution is 6.22. The van der Waals surface area contributed by atoms with Crippen LogP contribution in [0.1, 0.15) is 13.3 Å². The smallest absolute Gasteiger partial charge is 0.144 e. The summed E-state index contributed by atoms with van der Waals surface area (Å²) in [5.41, 5.74) is 1.90. The number of hydrogen-bond acceptors (Lipinski definition) is 1. The summed E-state index contributed by atoms with van der Waals surface area (Å²) < 4.78 is 0. The van der Waals surface area contributed by atoms with Crippen molar-refractivity contribution in [2.45, 2.75) is 18.8 Å². The Kier molecular flexibility index (Phi) is 2.28. The third kappa shape index (κ3) is 1.71. The van der Waals surface area contributed by atoms with Crippen LogP contribution in [-0.2, 0) is 0 Å². The highest BCUT2D eigenvalue weighted by Gasteiger charge is 2.06. The minimum atomic E-state index is -0.228. The van der Waals surface area contributed by atoms with Gasteiger partial charge in [-0.15, -0.1) is 0 Å². The molecule has 0 aromatic rings. The number of rotatable bonds is 0. The first kappa shape index (κ1) is 7.55.